The highest BCUT2D eigenvalue weighted by Crippen LogP contribution is 2.16. The first-order valence-corrected chi connectivity index (χ1v) is 7.53. The van der Waals surface area contributed by atoms with Crippen LogP contribution in [0.2, 0.25) is 0 Å². The molecule has 24 heavy (non-hydrogen) atoms. The van der Waals surface area contributed by atoms with Crippen LogP contribution >= 0.6 is 0 Å². The maximum atomic E-state index is 12.0. The Hall–Kier alpha value is -3.10. The molecule has 9 nitrogen and oxygen atoms in total. The largest absolute Gasteiger partial charge is 0.459 e. The van der Waals surface area contributed by atoms with Crippen LogP contribution in [0.25, 0.3) is 11.4 Å². The second-order valence-corrected chi connectivity index (χ2v) is 5.40. The standard InChI is InChI=1S/C15H17N7O2/c1-11(2)24-15(23)13-5-3-4-12(8-13)14-18-20-22(19-14)7-6-21-10-16-9-17-21/h3-5,8-11H,6-7H2,1-2H3. The van der Waals surface area contributed by atoms with Gasteiger partial charge in [-0.1, -0.05) is 12.1 Å². The molecule has 0 amide bonds. The fourth-order valence-corrected chi connectivity index (χ4v) is 2.06. The lowest BCUT2D eigenvalue weighted by Gasteiger charge is -2.08. The van der Waals surface area contributed by atoms with Crippen molar-refractivity contribution < 1.29 is 9.53 Å². The van der Waals surface area contributed by atoms with Crippen molar-refractivity contribution in [3.05, 3.63) is 42.5 Å². The topological polar surface area (TPSA) is 101 Å². The summed E-state index contributed by atoms with van der Waals surface area (Å²) in [7, 11) is 0. The maximum Gasteiger partial charge on any atom is 0.338 e. The monoisotopic (exact) mass is 327 g/mol. The smallest absolute Gasteiger partial charge is 0.338 e. The van der Waals surface area contributed by atoms with Crippen molar-refractivity contribution in [1.29, 1.82) is 0 Å². The number of aromatic nitrogens is 7. The second-order valence-electron chi connectivity index (χ2n) is 5.40. The number of benzene rings is 1. The lowest BCUT2D eigenvalue weighted by molar-refractivity contribution is 0.0378. The summed E-state index contributed by atoms with van der Waals surface area (Å²) in [6.07, 6.45) is 2.93. The minimum Gasteiger partial charge on any atom is -0.459 e. The van der Waals surface area contributed by atoms with Crippen LogP contribution in [0.4, 0.5) is 0 Å². The highest BCUT2D eigenvalue weighted by Gasteiger charge is 2.12. The summed E-state index contributed by atoms with van der Waals surface area (Å²) in [5, 5.41) is 16.4. The van der Waals surface area contributed by atoms with Crippen molar-refractivity contribution in [3.63, 3.8) is 0 Å². The van der Waals surface area contributed by atoms with Crippen molar-refractivity contribution >= 4 is 5.97 Å². The van der Waals surface area contributed by atoms with Crippen molar-refractivity contribution in [2.24, 2.45) is 0 Å². The van der Waals surface area contributed by atoms with Gasteiger partial charge >= 0.3 is 5.97 Å². The van der Waals surface area contributed by atoms with Gasteiger partial charge in [-0.05, 0) is 31.2 Å². The number of nitrogens with zero attached hydrogens (tertiary/aromatic N) is 7. The van der Waals surface area contributed by atoms with Gasteiger partial charge in [-0.25, -0.2) is 9.78 Å². The van der Waals surface area contributed by atoms with Crippen LogP contribution in [-0.2, 0) is 17.8 Å². The molecule has 0 fully saturated rings. The molecule has 0 aliphatic carbocycles. The molecule has 2 heterocycles. The molecule has 3 aromatic rings. The molecule has 2 aromatic heterocycles. The summed E-state index contributed by atoms with van der Waals surface area (Å²) < 4.78 is 6.88. The molecule has 9 heteroatoms. The number of esters is 1. The zero-order valence-corrected chi connectivity index (χ0v) is 13.4. The molecule has 3 rings (SSSR count). The molecule has 0 saturated carbocycles. The Bertz CT molecular complexity index is 811. The van der Waals surface area contributed by atoms with Gasteiger partial charge < -0.3 is 4.74 Å². The third-order valence-corrected chi connectivity index (χ3v) is 3.15. The zero-order valence-electron chi connectivity index (χ0n) is 13.4. The molecular formula is C15H17N7O2. The minimum atomic E-state index is -0.370. The van der Waals surface area contributed by atoms with E-state index in [1.54, 1.807) is 29.2 Å². The van der Waals surface area contributed by atoms with Crippen LogP contribution in [0.5, 0.6) is 0 Å². The van der Waals surface area contributed by atoms with E-state index in [0.29, 0.717) is 30.0 Å². The molecule has 124 valence electrons. The third-order valence-electron chi connectivity index (χ3n) is 3.15. The molecule has 0 unspecified atom stereocenters. The molecule has 0 saturated heterocycles. The van der Waals surface area contributed by atoms with E-state index in [0.717, 1.165) is 0 Å². The van der Waals surface area contributed by atoms with Crippen LogP contribution in [-0.4, -0.2) is 47.0 Å². The van der Waals surface area contributed by atoms with Gasteiger partial charge in [0.15, 0.2) is 0 Å². The van der Waals surface area contributed by atoms with Crippen LogP contribution in [0.3, 0.4) is 0 Å². The summed E-state index contributed by atoms with van der Waals surface area (Å²) in [5.41, 5.74) is 1.17. The summed E-state index contributed by atoms with van der Waals surface area (Å²) in [6, 6.07) is 6.99. The average molecular weight is 327 g/mol. The molecule has 0 atom stereocenters. The molecular weight excluding hydrogens is 310 g/mol. The van der Waals surface area contributed by atoms with Crippen LogP contribution in [0.15, 0.2) is 36.9 Å². The summed E-state index contributed by atoms with van der Waals surface area (Å²) in [6.45, 7) is 4.73. The maximum absolute atomic E-state index is 12.0. The lowest BCUT2D eigenvalue weighted by atomic mass is 10.1. The highest BCUT2D eigenvalue weighted by molar-refractivity contribution is 5.90. The van der Waals surface area contributed by atoms with E-state index in [1.165, 1.54) is 11.1 Å². The second kappa shape index (κ2) is 6.99. The molecule has 1 aromatic carbocycles. The number of hydrogen-bond acceptors (Lipinski definition) is 7. The summed E-state index contributed by atoms with van der Waals surface area (Å²) >= 11 is 0. The Morgan fingerprint density at radius 2 is 2.17 bits per heavy atom. The predicted molar refractivity (Wildman–Crippen MR) is 83.8 cm³/mol. The van der Waals surface area contributed by atoms with E-state index >= 15 is 0 Å². The molecule has 0 N–H and O–H groups in total. The van der Waals surface area contributed by atoms with Crippen LogP contribution in [0.1, 0.15) is 24.2 Å². The highest BCUT2D eigenvalue weighted by atomic mass is 16.5. The average Bonchev–Trinajstić information content (AvgIpc) is 3.24. The number of carbonyl (C=O) groups excluding carboxylic acids is 1. The molecule has 0 aliphatic rings. The van der Waals surface area contributed by atoms with Crippen LogP contribution in [0, 0.1) is 0 Å². The van der Waals surface area contributed by atoms with E-state index in [9.17, 15) is 4.79 Å². The summed E-state index contributed by atoms with van der Waals surface area (Å²) in [5.74, 6) is 0.0817. The quantitative estimate of drug-likeness (QED) is 0.627. The number of aryl methyl sites for hydroxylation is 2. The lowest BCUT2D eigenvalue weighted by Crippen LogP contribution is -2.11. The number of hydrogen-bond donors (Lipinski definition) is 0. The van der Waals surface area contributed by atoms with Crippen molar-refractivity contribution in [3.8, 4) is 11.4 Å². The zero-order chi connectivity index (χ0) is 16.9. The number of rotatable bonds is 6. The molecule has 0 aliphatic heterocycles. The molecule has 0 spiro atoms. The Balaban J connectivity index is 1.71. The third kappa shape index (κ3) is 3.80. The first-order chi connectivity index (χ1) is 11.6. The minimum absolute atomic E-state index is 0.169. The Morgan fingerprint density at radius 1 is 1.29 bits per heavy atom. The Kier molecular flexibility index (Phi) is 4.59. The van der Waals surface area contributed by atoms with Gasteiger partial charge in [-0.3, -0.25) is 4.68 Å². The van der Waals surface area contributed by atoms with Gasteiger partial charge in [-0.15, -0.1) is 10.2 Å². The van der Waals surface area contributed by atoms with E-state index in [2.05, 4.69) is 25.5 Å². The van der Waals surface area contributed by atoms with Gasteiger partial charge in [0.05, 0.1) is 24.8 Å². The van der Waals surface area contributed by atoms with Crippen molar-refractivity contribution in [2.75, 3.05) is 0 Å². The van der Waals surface area contributed by atoms with E-state index in [4.69, 9.17) is 4.74 Å². The van der Waals surface area contributed by atoms with Gasteiger partial charge in [0, 0.05) is 5.56 Å². The van der Waals surface area contributed by atoms with Gasteiger partial charge in [0.2, 0.25) is 5.82 Å². The molecule has 0 radical (unpaired) electrons. The number of tetrazole rings is 1. The van der Waals surface area contributed by atoms with Gasteiger partial charge in [0.25, 0.3) is 0 Å². The van der Waals surface area contributed by atoms with Gasteiger partial charge in [-0.2, -0.15) is 9.90 Å². The Labute approximate surface area is 138 Å². The SMILES string of the molecule is CC(C)OC(=O)c1cccc(-c2nnn(CCn3cncn3)n2)c1. The van der Waals surface area contributed by atoms with Crippen molar-refractivity contribution in [2.45, 2.75) is 33.0 Å². The summed E-state index contributed by atoms with van der Waals surface area (Å²) in [4.78, 5) is 17.3. The molecule has 0 bridgehead atoms. The van der Waals surface area contributed by atoms with E-state index in [-0.39, 0.29) is 12.1 Å². The van der Waals surface area contributed by atoms with E-state index in [1.807, 2.05) is 19.9 Å². The first kappa shape index (κ1) is 15.8. The number of carbonyl (C=O) groups is 1. The first-order valence-electron chi connectivity index (χ1n) is 7.53. The van der Waals surface area contributed by atoms with Gasteiger partial charge in [0.1, 0.15) is 12.7 Å². The fraction of sp³-hybridized carbons (Fsp3) is 0.333. The van der Waals surface area contributed by atoms with Crippen LogP contribution < -0.4 is 0 Å². The normalized spacial score (nSPS) is 11.0. The van der Waals surface area contributed by atoms with E-state index < -0.39 is 0 Å². The Morgan fingerprint density at radius 3 is 2.92 bits per heavy atom. The predicted octanol–water partition coefficient (Wildman–Crippen LogP) is 1.20. The van der Waals surface area contributed by atoms with Crippen molar-refractivity contribution in [1.82, 2.24) is 35.0 Å². The number of ether oxygens (including phenoxy) is 1. The fourth-order valence-electron chi connectivity index (χ4n) is 2.06.